The topological polar surface area (TPSA) is 121 Å². The fourth-order valence-corrected chi connectivity index (χ4v) is 3.49. The smallest absolute Gasteiger partial charge is 0.335 e. The first-order chi connectivity index (χ1) is 10.0. The van der Waals surface area contributed by atoms with Crippen molar-refractivity contribution in [3.63, 3.8) is 0 Å². The summed E-state index contributed by atoms with van der Waals surface area (Å²) in [6.07, 6.45) is 0.0881. The Bertz CT molecular complexity index is 686. The summed E-state index contributed by atoms with van der Waals surface area (Å²) >= 11 is 5.79. The molecule has 22 heavy (non-hydrogen) atoms. The summed E-state index contributed by atoms with van der Waals surface area (Å²) in [5.41, 5.74) is -0.263. The molecule has 0 heterocycles. The van der Waals surface area contributed by atoms with E-state index in [1.165, 1.54) is 0 Å². The Kier molecular flexibility index (Phi) is 5.92. The van der Waals surface area contributed by atoms with E-state index in [-0.39, 0.29) is 22.9 Å². The van der Waals surface area contributed by atoms with Gasteiger partial charge in [-0.1, -0.05) is 25.4 Å². The summed E-state index contributed by atoms with van der Waals surface area (Å²) in [6, 6.07) is 1.86. The van der Waals surface area contributed by atoms with E-state index in [1.54, 1.807) is 13.8 Å². The highest BCUT2D eigenvalue weighted by molar-refractivity contribution is 7.89. The molecule has 0 amide bonds. The standard InChI is InChI=1S/C13H16ClNO6S/c1-7(2)5-10(13(18)19)15-22(20,21)11-6-8(12(16)17)3-4-9(11)14/h3-4,6-7,10,15H,5H2,1-2H3,(H,16,17)(H,18,19)/t10-/m1/s1. The molecule has 9 heteroatoms. The lowest BCUT2D eigenvalue weighted by molar-refractivity contribution is -0.139. The fraction of sp³-hybridized carbons (Fsp3) is 0.385. The van der Waals surface area contributed by atoms with Gasteiger partial charge in [-0.15, -0.1) is 0 Å². The molecule has 0 aliphatic rings. The average Bonchev–Trinajstić information content (AvgIpc) is 2.36. The van der Waals surface area contributed by atoms with E-state index in [0.717, 1.165) is 18.2 Å². The number of rotatable bonds is 7. The number of benzene rings is 1. The Morgan fingerprint density at radius 3 is 2.32 bits per heavy atom. The molecule has 0 radical (unpaired) electrons. The van der Waals surface area contributed by atoms with Crippen molar-refractivity contribution >= 4 is 33.6 Å². The quantitative estimate of drug-likeness (QED) is 0.690. The zero-order valence-electron chi connectivity index (χ0n) is 11.9. The molecular weight excluding hydrogens is 334 g/mol. The van der Waals surface area contributed by atoms with Gasteiger partial charge in [-0.3, -0.25) is 4.79 Å². The van der Waals surface area contributed by atoms with Gasteiger partial charge in [0.05, 0.1) is 10.6 Å². The number of carboxylic acid groups (broad SMARTS) is 2. The first kappa shape index (κ1) is 18.4. The maximum atomic E-state index is 12.3. The van der Waals surface area contributed by atoms with E-state index in [0.29, 0.717) is 0 Å². The van der Waals surface area contributed by atoms with Gasteiger partial charge < -0.3 is 10.2 Å². The molecule has 0 unspecified atom stereocenters. The highest BCUT2D eigenvalue weighted by Gasteiger charge is 2.28. The van der Waals surface area contributed by atoms with E-state index in [2.05, 4.69) is 0 Å². The number of nitrogens with one attached hydrogen (secondary N) is 1. The number of sulfonamides is 1. The fourth-order valence-electron chi connectivity index (χ4n) is 1.76. The van der Waals surface area contributed by atoms with Crippen molar-refractivity contribution < 1.29 is 28.2 Å². The monoisotopic (exact) mass is 349 g/mol. The van der Waals surface area contributed by atoms with Crippen LogP contribution in [0.2, 0.25) is 5.02 Å². The number of hydrogen-bond acceptors (Lipinski definition) is 4. The SMILES string of the molecule is CC(C)C[C@@H](NS(=O)(=O)c1cc(C(=O)O)ccc1Cl)C(=O)O. The van der Waals surface area contributed by atoms with Crippen molar-refractivity contribution in [3.05, 3.63) is 28.8 Å². The van der Waals surface area contributed by atoms with Crippen LogP contribution in [0.4, 0.5) is 0 Å². The number of hydrogen-bond donors (Lipinski definition) is 3. The molecule has 7 nitrogen and oxygen atoms in total. The second-order valence-corrected chi connectivity index (χ2v) is 7.18. The van der Waals surface area contributed by atoms with Crippen LogP contribution >= 0.6 is 11.6 Å². The number of halogens is 1. The molecule has 0 aromatic heterocycles. The van der Waals surface area contributed by atoms with E-state index in [9.17, 15) is 18.0 Å². The van der Waals surface area contributed by atoms with Crippen molar-refractivity contribution in [1.29, 1.82) is 0 Å². The average molecular weight is 350 g/mol. The van der Waals surface area contributed by atoms with Crippen molar-refractivity contribution in [2.45, 2.75) is 31.2 Å². The summed E-state index contributed by atoms with van der Waals surface area (Å²) in [5.74, 6) is -2.68. The molecule has 1 aromatic carbocycles. The summed E-state index contributed by atoms with van der Waals surface area (Å²) in [5, 5.41) is 17.8. The van der Waals surface area contributed by atoms with Gasteiger partial charge in [-0.2, -0.15) is 4.72 Å². The Balaban J connectivity index is 3.20. The highest BCUT2D eigenvalue weighted by Crippen LogP contribution is 2.23. The predicted octanol–water partition coefficient (Wildman–Crippen LogP) is 1.82. The van der Waals surface area contributed by atoms with Crippen LogP contribution < -0.4 is 4.72 Å². The normalized spacial score (nSPS) is 13.1. The van der Waals surface area contributed by atoms with Crippen molar-refractivity contribution in [3.8, 4) is 0 Å². The molecule has 3 N–H and O–H groups in total. The van der Waals surface area contributed by atoms with Crippen LogP contribution in [-0.2, 0) is 14.8 Å². The largest absolute Gasteiger partial charge is 0.480 e. The number of aromatic carboxylic acids is 1. The summed E-state index contributed by atoms with van der Waals surface area (Å²) in [4.78, 5) is 21.6. The molecule has 1 rings (SSSR count). The summed E-state index contributed by atoms with van der Waals surface area (Å²) < 4.78 is 26.6. The second-order valence-electron chi connectivity index (χ2n) is 5.09. The number of carbonyl (C=O) groups is 2. The molecular formula is C13H16ClNO6S. The first-order valence-corrected chi connectivity index (χ1v) is 8.18. The second kappa shape index (κ2) is 7.08. The Labute approximate surface area is 133 Å². The van der Waals surface area contributed by atoms with Gasteiger partial charge in [0.25, 0.3) is 0 Å². The third-order valence-electron chi connectivity index (χ3n) is 2.77. The molecule has 0 aliphatic heterocycles. The zero-order chi connectivity index (χ0) is 17.1. The van der Waals surface area contributed by atoms with Crippen LogP contribution in [0.25, 0.3) is 0 Å². The molecule has 122 valence electrons. The molecule has 1 atom stereocenters. The van der Waals surface area contributed by atoms with Crippen molar-refractivity contribution in [2.24, 2.45) is 5.92 Å². The van der Waals surface area contributed by atoms with Gasteiger partial charge in [-0.05, 0) is 30.5 Å². The molecule has 0 bridgehead atoms. The molecule has 0 spiro atoms. The lowest BCUT2D eigenvalue weighted by atomic mass is 10.1. The minimum Gasteiger partial charge on any atom is -0.480 e. The number of aliphatic carboxylic acids is 1. The number of carboxylic acids is 2. The third-order valence-corrected chi connectivity index (χ3v) is 4.72. The first-order valence-electron chi connectivity index (χ1n) is 6.32. The molecule has 0 aliphatic carbocycles. The molecule has 0 fully saturated rings. The summed E-state index contributed by atoms with van der Waals surface area (Å²) in [7, 11) is -4.26. The molecule has 0 saturated heterocycles. The lowest BCUT2D eigenvalue weighted by Crippen LogP contribution is -2.41. The Morgan fingerprint density at radius 1 is 1.27 bits per heavy atom. The van der Waals surface area contributed by atoms with Crippen molar-refractivity contribution in [1.82, 2.24) is 4.72 Å². The van der Waals surface area contributed by atoms with Gasteiger partial charge in [-0.25, -0.2) is 13.2 Å². The zero-order valence-corrected chi connectivity index (χ0v) is 13.5. The Morgan fingerprint density at radius 2 is 1.86 bits per heavy atom. The van der Waals surface area contributed by atoms with Crippen LogP contribution in [0.15, 0.2) is 23.1 Å². The highest BCUT2D eigenvalue weighted by atomic mass is 35.5. The summed E-state index contributed by atoms with van der Waals surface area (Å²) in [6.45, 7) is 3.50. The molecule has 1 aromatic rings. The van der Waals surface area contributed by atoms with Crippen LogP contribution in [0.3, 0.4) is 0 Å². The minimum absolute atomic E-state index is 0.0513. The van der Waals surface area contributed by atoms with E-state index in [1.807, 2.05) is 4.72 Å². The van der Waals surface area contributed by atoms with E-state index < -0.39 is 32.9 Å². The van der Waals surface area contributed by atoms with Crippen LogP contribution in [0.1, 0.15) is 30.6 Å². The van der Waals surface area contributed by atoms with E-state index >= 15 is 0 Å². The van der Waals surface area contributed by atoms with Gasteiger partial charge in [0.1, 0.15) is 10.9 Å². The van der Waals surface area contributed by atoms with Crippen LogP contribution in [0, 0.1) is 5.92 Å². The minimum atomic E-state index is -4.26. The molecule has 0 saturated carbocycles. The van der Waals surface area contributed by atoms with Crippen LogP contribution in [-0.4, -0.2) is 36.6 Å². The van der Waals surface area contributed by atoms with Gasteiger partial charge in [0.15, 0.2) is 0 Å². The van der Waals surface area contributed by atoms with Gasteiger partial charge >= 0.3 is 11.9 Å². The maximum Gasteiger partial charge on any atom is 0.335 e. The third kappa shape index (κ3) is 4.69. The van der Waals surface area contributed by atoms with Gasteiger partial charge in [0.2, 0.25) is 10.0 Å². The lowest BCUT2D eigenvalue weighted by Gasteiger charge is -2.17. The Hall–Kier alpha value is -1.64. The van der Waals surface area contributed by atoms with E-state index in [4.69, 9.17) is 21.8 Å². The van der Waals surface area contributed by atoms with Crippen LogP contribution in [0.5, 0.6) is 0 Å². The maximum absolute atomic E-state index is 12.3. The van der Waals surface area contributed by atoms with Gasteiger partial charge in [0, 0.05) is 0 Å². The van der Waals surface area contributed by atoms with Crippen molar-refractivity contribution in [2.75, 3.05) is 0 Å². The predicted molar refractivity (Wildman–Crippen MR) is 79.6 cm³/mol.